The quantitative estimate of drug-likeness (QED) is 0.541. The maximum absolute atomic E-state index is 11.6. The first kappa shape index (κ1) is 12.1. The molecule has 6 heteroatoms. The third-order valence-corrected chi connectivity index (χ3v) is 2.56. The number of carbonyl (C=O) groups is 1. The number of oxime groups is 1. The number of para-hydroxylation sites is 1. The molecule has 1 saturated heterocycles. The molecule has 0 atom stereocenters. The van der Waals surface area contributed by atoms with Gasteiger partial charge in [0.05, 0.1) is 11.4 Å². The van der Waals surface area contributed by atoms with Gasteiger partial charge in [0.25, 0.3) is 5.91 Å². The van der Waals surface area contributed by atoms with Gasteiger partial charge >= 0.3 is 0 Å². The van der Waals surface area contributed by atoms with Crippen molar-refractivity contribution in [1.29, 1.82) is 0 Å². The molecule has 1 aliphatic heterocycles. The molecule has 2 rings (SSSR count). The van der Waals surface area contributed by atoms with Crippen LogP contribution in [0.15, 0.2) is 40.6 Å². The topological polar surface area (TPSA) is 86.1 Å². The molecule has 18 heavy (non-hydrogen) atoms. The van der Waals surface area contributed by atoms with Crippen LogP contribution in [0.3, 0.4) is 0 Å². The van der Waals surface area contributed by atoms with Gasteiger partial charge in [-0.3, -0.25) is 10.2 Å². The smallest absolute Gasteiger partial charge is 0.275 e. The van der Waals surface area contributed by atoms with Gasteiger partial charge in [-0.1, -0.05) is 23.4 Å². The van der Waals surface area contributed by atoms with Crippen molar-refractivity contribution in [2.75, 3.05) is 12.0 Å². The molecular weight excluding hydrogens is 232 g/mol. The highest BCUT2D eigenvalue weighted by Gasteiger charge is 2.22. The summed E-state index contributed by atoms with van der Waals surface area (Å²) in [6.45, 7) is 0.558. The molecule has 1 amide bonds. The van der Waals surface area contributed by atoms with Crippen molar-refractivity contribution in [3.63, 3.8) is 0 Å². The molecule has 1 aromatic carbocycles. The molecule has 1 heterocycles. The van der Waals surface area contributed by atoms with Crippen molar-refractivity contribution in [2.45, 2.75) is 12.8 Å². The van der Waals surface area contributed by atoms with Crippen LogP contribution < -0.4 is 10.7 Å². The number of hydrogen-bond acceptors (Lipinski definition) is 5. The predicted octanol–water partition coefficient (Wildman–Crippen LogP) is 1.19. The van der Waals surface area contributed by atoms with E-state index in [4.69, 9.17) is 5.21 Å². The summed E-state index contributed by atoms with van der Waals surface area (Å²) in [4.78, 5) is 11.6. The molecule has 0 bridgehead atoms. The van der Waals surface area contributed by atoms with E-state index in [1.165, 1.54) is 0 Å². The first-order valence-electron chi connectivity index (χ1n) is 5.69. The Hall–Kier alpha value is -2.37. The molecule has 94 valence electrons. The number of benzene rings is 1. The second-order valence-electron chi connectivity index (χ2n) is 3.84. The summed E-state index contributed by atoms with van der Waals surface area (Å²) in [5.74, 6) is -0.399. The van der Waals surface area contributed by atoms with Crippen LogP contribution in [-0.2, 0) is 4.79 Å². The van der Waals surface area contributed by atoms with Gasteiger partial charge in [0, 0.05) is 6.54 Å². The Kier molecular flexibility index (Phi) is 3.90. The standard InChI is InChI=1S/C12H14N4O2/c17-12-11(16-18)10(7-4-8-13-12)15-14-9-5-2-1-3-6-9/h1-3,5-6,14,18H,4,7-8H2,(H,13,17). The Balaban J connectivity index is 2.16. The second kappa shape index (κ2) is 5.81. The van der Waals surface area contributed by atoms with E-state index in [0.717, 1.165) is 12.1 Å². The number of nitrogens with one attached hydrogen (secondary N) is 2. The van der Waals surface area contributed by atoms with Gasteiger partial charge in [0.15, 0.2) is 5.71 Å². The van der Waals surface area contributed by atoms with E-state index in [1.807, 2.05) is 30.3 Å². The monoisotopic (exact) mass is 246 g/mol. The van der Waals surface area contributed by atoms with Gasteiger partial charge < -0.3 is 10.5 Å². The fraction of sp³-hybridized carbons (Fsp3) is 0.250. The number of hydrogen-bond donors (Lipinski definition) is 3. The molecule has 0 unspecified atom stereocenters. The zero-order valence-electron chi connectivity index (χ0n) is 9.76. The van der Waals surface area contributed by atoms with E-state index in [1.54, 1.807) is 0 Å². The molecular formula is C12H14N4O2. The number of amides is 1. The van der Waals surface area contributed by atoms with Crippen LogP contribution in [0.2, 0.25) is 0 Å². The second-order valence-corrected chi connectivity index (χ2v) is 3.84. The predicted molar refractivity (Wildman–Crippen MR) is 69.0 cm³/mol. The van der Waals surface area contributed by atoms with Crippen molar-refractivity contribution >= 4 is 23.0 Å². The Morgan fingerprint density at radius 1 is 1.28 bits per heavy atom. The van der Waals surface area contributed by atoms with E-state index < -0.39 is 5.91 Å². The first-order valence-corrected chi connectivity index (χ1v) is 5.69. The lowest BCUT2D eigenvalue weighted by Gasteiger charge is -2.04. The molecule has 0 spiro atoms. The summed E-state index contributed by atoms with van der Waals surface area (Å²) in [5, 5.41) is 18.7. The van der Waals surface area contributed by atoms with Crippen LogP contribution in [0.5, 0.6) is 0 Å². The summed E-state index contributed by atoms with van der Waals surface area (Å²) in [7, 11) is 0. The lowest BCUT2D eigenvalue weighted by Crippen LogP contribution is -2.33. The van der Waals surface area contributed by atoms with Crippen molar-refractivity contribution < 1.29 is 10.0 Å². The maximum Gasteiger partial charge on any atom is 0.275 e. The zero-order chi connectivity index (χ0) is 12.8. The number of anilines is 1. The Bertz CT molecular complexity index is 482. The van der Waals surface area contributed by atoms with E-state index in [2.05, 4.69) is 21.0 Å². The maximum atomic E-state index is 11.6. The summed E-state index contributed by atoms with van der Waals surface area (Å²) in [6, 6.07) is 9.37. The lowest BCUT2D eigenvalue weighted by molar-refractivity contribution is -0.114. The summed E-state index contributed by atoms with van der Waals surface area (Å²) >= 11 is 0. The molecule has 0 saturated carbocycles. The summed E-state index contributed by atoms with van der Waals surface area (Å²) in [5.41, 5.74) is 4.08. The fourth-order valence-electron chi connectivity index (χ4n) is 1.65. The highest BCUT2D eigenvalue weighted by Crippen LogP contribution is 2.07. The Morgan fingerprint density at radius 3 is 2.78 bits per heavy atom. The van der Waals surface area contributed by atoms with Crippen molar-refractivity contribution in [3.05, 3.63) is 30.3 Å². The Morgan fingerprint density at radius 2 is 2.06 bits per heavy atom. The fourth-order valence-corrected chi connectivity index (χ4v) is 1.65. The van der Waals surface area contributed by atoms with Crippen LogP contribution >= 0.6 is 0 Å². The molecule has 0 aromatic heterocycles. The SMILES string of the molecule is O=C1NCCCC(=NNc2ccccc2)C1=NO. The van der Waals surface area contributed by atoms with E-state index in [0.29, 0.717) is 18.7 Å². The third-order valence-electron chi connectivity index (χ3n) is 2.56. The van der Waals surface area contributed by atoms with E-state index in [9.17, 15) is 4.79 Å². The highest BCUT2D eigenvalue weighted by molar-refractivity contribution is 6.67. The van der Waals surface area contributed by atoms with Crippen LogP contribution in [0.25, 0.3) is 0 Å². The minimum Gasteiger partial charge on any atom is -0.410 e. The zero-order valence-corrected chi connectivity index (χ0v) is 9.76. The molecule has 6 nitrogen and oxygen atoms in total. The number of rotatable bonds is 2. The van der Waals surface area contributed by atoms with Crippen molar-refractivity contribution in [3.8, 4) is 0 Å². The summed E-state index contributed by atoms with van der Waals surface area (Å²) < 4.78 is 0. The number of carbonyl (C=O) groups excluding carboxylic acids is 1. The molecule has 0 aliphatic carbocycles. The highest BCUT2D eigenvalue weighted by atomic mass is 16.4. The average molecular weight is 246 g/mol. The molecule has 1 fully saturated rings. The minimum atomic E-state index is -0.399. The summed E-state index contributed by atoms with van der Waals surface area (Å²) in [6.07, 6.45) is 1.35. The minimum absolute atomic E-state index is 0.0315. The van der Waals surface area contributed by atoms with Gasteiger partial charge in [0.2, 0.25) is 0 Å². The first-order chi connectivity index (χ1) is 8.81. The van der Waals surface area contributed by atoms with Crippen LogP contribution in [0.4, 0.5) is 5.69 Å². The van der Waals surface area contributed by atoms with Crippen LogP contribution in [-0.4, -0.2) is 29.1 Å². The molecule has 0 radical (unpaired) electrons. The average Bonchev–Trinajstić information content (AvgIpc) is 2.59. The number of nitrogens with zero attached hydrogens (tertiary/aromatic N) is 2. The lowest BCUT2D eigenvalue weighted by atomic mass is 10.1. The van der Waals surface area contributed by atoms with Gasteiger partial charge in [-0.15, -0.1) is 0 Å². The van der Waals surface area contributed by atoms with E-state index in [-0.39, 0.29) is 5.71 Å². The normalized spacial score (nSPS) is 20.6. The van der Waals surface area contributed by atoms with Crippen molar-refractivity contribution in [1.82, 2.24) is 5.32 Å². The van der Waals surface area contributed by atoms with Gasteiger partial charge in [-0.05, 0) is 25.0 Å². The largest absolute Gasteiger partial charge is 0.410 e. The molecule has 1 aliphatic rings. The number of hydrazone groups is 1. The van der Waals surface area contributed by atoms with Crippen molar-refractivity contribution in [2.24, 2.45) is 10.3 Å². The van der Waals surface area contributed by atoms with Gasteiger partial charge in [0.1, 0.15) is 0 Å². The van der Waals surface area contributed by atoms with Crippen LogP contribution in [0, 0.1) is 0 Å². The van der Waals surface area contributed by atoms with Gasteiger partial charge in [-0.2, -0.15) is 5.10 Å². The molecule has 1 aromatic rings. The molecule has 3 N–H and O–H groups in total. The van der Waals surface area contributed by atoms with Crippen LogP contribution in [0.1, 0.15) is 12.8 Å². The van der Waals surface area contributed by atoms with Gasteiger partial charge in [-0.25, -0.2) is 0 Å². The third kappa shape index (κ3) is 2.85. The van der Waals surface area contributed by atoms with E-state index >= 15 is 0 Å². The Labute approximate surface area is 104 Å².